The predicted molar refractivity (Wildman–Crippen MR) is 121 cm³/mol. The van der Waals surface area contributed by atoms with Gasteiger partial charge in [-0.05, 0) is 42.3 Å². The van der Waals surface area contributed by atoms with Crippen molar-refractivity contribution in [3.63, 3.8) is 0 Å². The van der Waals surface area contributed by atoms with Gasteiger partial charge in [-0.1, -0.05) is 46.3 Å². The van der Waals surface area contributed by atoms with Crippen molar-refractivity contribution in [3.05, 3.63) is 79.1 Å². The van der Waals surface area contributed by atoms with Crippen LogP contribution in [-0.2, 0) is 6.42 Å². The molecule has 3 heterocycles. The van der Waals surface area contributed by atoms with E-state index in [9.17, 15) is 14.7 Å². The molecular formula is C22H16BrN3O4S. The van der Waals surface area contributed by atoms with Crippen LogP contribution in [0.25, 0.3) is 11.0 Å². The molecular weight excluding hydrogens is 482 g/mol. The molecule has 1 amide bonds. The number of carbonyl (C=O) groups excluding carboxylic acids is 1. The first-order chi connectivity index (χ1) is 15.0. The number of aromatic nitrogens is 2. The standard InChI is InChI=1S/C22H16BrN3O4S/c1-2-4-16-24-25-22(31-16)26-18(11-5-3-6-13(27)9-11)17-19(28)14-10-12(23)7-8-15(14)30-20(17)21(26)29/h3,5-10,18,27H,2,4H2,1H3. The molecule has 2 aromatic heterocycles. The molecule has 31 heavy (non-hydrogen) atoms. The Hall–Kier alpha value is -3.04. The number of nitrogens with zero attached hydrogens (tertiary/aromatic N) is 3. The molecule has 0 aliphatic carbocycles. The molecule has 1 N–H and O–H groups in total. The lowest BCUT2D eigenvalue weighted by molar-refractivity contribution is 0.0970. The van der Waals surface area contributed by atoms with Crippen LogP contribution in [0.5, 0.6) is 5.75 Å². The van der Waals surface area contributed by atoms with Gasteiger partial charge in [-0.15, -0.1) is 10.2 Å². The molecule has 4 aromatic rings. The maximum absolute atomic E-state index is 13.5. The molecule has 1 aliphatic heterocycles. The topological polar surface area (TPSA) is 96.5 Å². The van der Waals surface area contributed by atoms with Crippen LogP contribution in [-0.4, -0.2) is 21.2 Å². The average Bonchev–Trinajstić information content (AvgIpc) is 3.31. The van der Waals surface area contributed by atoms with Crippen molar-refractivity contribution >= 4 is 49.3 Å². The number of aromatic hydroxyl groups is 1. The Kier molecular flexibility index (Phi) is 4.86. The fourth-order valence-corrected chi connectivity index (χ4v) is 5.14. The molecule has 0 fully saturated rings. The first-order valence-corrected chi connectivity index (χ1v) is 11.3. The second-order valence-electron chi connectivity index (χ2n) is 7.22. The van der Waals surface area contributed by atoms with Crippen molar-refractivity contribution in [1.29, 1.82) is 0 Å². The Bertz CT molecular complexity index is 1400. The zero-order valence-corrected chi connectivity index (χ0v) is 18.7. The molecule has 0 saturated carbocycles. The van der Waals surface area contributed by atoms with Gasteiger partial charge in [-0.3, -0.25) is 14.5 Å². The van der Waals surface area contributed by atoms with Crippen LogP contribution in [0.1, 0.15) is 46.1 Å². The summed E-state index contributed by atoms with van der Waals surface area (Å²) >= 11 is 4.70. The molecule has 0 radical (unpaired) electrons. The summed E-state index contributed by atoms with van der Waals surface area (Å²) in [4.78, 5) is 28.4. The van der Waals surface area contributed by atoms with Crippen LogP contribution >= 0.6 is 27.3 Å². The number of amides is 1. The van der Waals surface area contributed by atoms with E-state index >= 15 is 0 Å². The van der Waals surface area contributed by atoms with E-state index in [1.54, 1.807) is 36.4 Å². The molecule has 0 bridgehead atoms. The number of anilines is 1. The minimum atomic E-state index is -0.781. The molecule has 2 aromatic carbocycles. The second-order valence-corrected chi connectivity index (χ2v) is 9.17. The highest BCUT2D eigenvalue weighted by Crippen LogP contribution is 2.42. The quantitative estimate of drug-likeness (QED) is 0.434. The van der Waals surface area contributed by atoms with Gasteiger partial charge in [-0.25, -0.2) is 0 Å². The van der Waals surface area contributed by atoms with Gasteiger partial charge in [0.25, 0.3) is 5.91 Å². The SMILES string of the molecule is CCCc1nnc(N2C(=O)c3oc4ccc(Br)cc4c(=O)c3C2c2cccc(O)c2)s1. The fourth-order valence-electron chi connectivity index (χ4n) is 3.81. The van der Waals surface area contributed by atoms with E-state index in [0.717, 1.165) is 22.3 Å². The van der Waals surface area contributed by atoms with Crippen molar-refractivity contribution in [3.8, 4) is 5.75 Å². The fraction of sp³-hybridized carbons (Fsp3) is 0.182. The molecule has 1 aliphatic rings. The first kappa shape index (κ1) is 19.9. The Balaban J connectivity index is 1.78. The zero-order valence-electron chi connectivity index (χ0n) is 16.3. The van der Waals surface area contributed by atoms with Gasteiger partial charge in [0.1, 0.15) is 16.3 Å². The van der Waals surface area contributed by atoms with Crippen LogP contribution in [0.15, 0.2) is 56.1 Å². The number of phenolic OH excluding ortho intramolecular Hbond substituents is 1. The van der Waals surface area contributed by atoms with Crippen molar-refractivity contribution in [2.45, 2.75) is 25.8 Å². The lowest BCUT2D eigenvalue weighted by Gasteiger charge is -2.22. The monoisotopic (exact) mass is 497 g/mol. The highest BCUT2D eigenvalue weighted by atomic mass is 79.9. The number of halogens is 1. The molecule has 1 atom stereocenters. The Labute approximate surface area is 189 Å². The average molecular weight is 498 g/mol. The third kappa shape index (κ3) is 3.24. The molecule has 7 nitrogen and oxygen atoms in total. The Morgan fingerprint density at radius 1 is 1.19 bits per heavy atom. The van der Waals surface area contributed by atoms with Crippen molar-refractivity contribution in [2.75, 3.05) is 4.90 Å². The van der Waals surface area contributed by atoms with E-state index in [1.807, 2.05) is 6.92 Å². The number of phenols is 1. The first-order valence-electron chi connectivity index (χ1n) is 9.69. The van der Waals surface area contributed by atoms with E-state index in [1.165, 1.54) is 22.3 Å². The van der Waals surface area contributed by atoms with Crippen molar-refractivity contribution in [2.24, 2.45) is 0 Å². The summed E-state index contributed by atoms with van der Waals surface area (Å²) in [5, 5.41) is 20.0. The van der Waals surface area contributed by atoms with Crippen LogP contribution in [0.3, 0.4) is 0 Å². The summed E-state index contributed by atoms with van der Waals surface area (Å²) in [7, 11) is 0. The maximum atomic E-state index is 13.5. The van der Waals surface area contributed by atoms with Gasteiger partial charge in [0.15, 0.2) is 5.43 Å². The summed E-state index contributed by atoms with van der Waals surface area (Å²) < 4.78 is 6.65. The highest BCUT2D eigenvalue weighted by molar-refractivity contribution is 9.10. The number of benzene rings is 2. The second kappa shape index (κ2) is 7.58. The number of aryl methyl sites for hydroxylation is 1. The summed E-state index contributed by atoms with van der Waals surface area (Å²) in [6.45, 7) is 2.04. The van der Waals surface area contributed by atoms with Crippen LogP contribution in [0.4, 0.5) is 5.13 Å². The minimum absolute atomic E-state index is 0.0135. The van der Waals surface area contributed by atoms with Crippen LogP contribution in [0.2, 0.25) is 0 Å². The van der Waals surface area contributed by atoms with Crippen molar-refractivity contribution < 1.29 is 14.3 Å². The third-order valence-corrected chi connectivity index (χ3v) is 6.62. The molecule has 156 valence electrons. The number of fused-ring (bicyclic) bond motifs is 2. The van der Waals surface area contributed by atoms with Gasteiger partial charge in [0, 0.05) is 10.9 Å². The van der Waals surface area contributed by atoms with Crippen molar-refractivity contribution in [1.82, 2.24) is 10.2 Å². The highest BCUT2D eigenvalue weighted by Gasteiger charge is 2.45. The Morgan fingerprint density at radius 2 is 2.03 bits per heavy atom. The number of hydrogen-bond acceptors (Lipinski definition) is 7. The number of carbonyl (C=O) groups is 1. The summed E-state index contributed by atoms with van der Waals surface area (Å²) in [6, 6.07) is 10.8. The van der Waals surface area contributed by atoms with E-state index in [4.69, 9.17) is 4.42 Å². The lowest BCUT2D eigenvalue weighted by Crippen LogP contribution is -2.29. The summed E-state index contributed by atoms with van der Waals surface area (Å²) in [6.07, 6.45) is 1.65. The number of rotatable bonds is 4. The van der Waals surface area contributed by atoms with Gasteiger partial charge < -0.3 is 9.52 Å². The van der Waals surface area contributed by atoms with E-state index in [2.05, 4.69) is 26.1 Å². The number of hydrogen-bond donors (Lipinski definition) is 1. The molecule has 5 rings (SSSR count). The van der Waals surface area contributed by atoms with E-state index in [0.29, 0.717) is 21.7 Å². The van der Waals surface area contributed by atoms with Crippen LogP contribution in [0, 0.1) is 0 Å². The molecule has 9 heteroatoms. The smallest absolute Gasteiger partial charge is 0.297 e. The van der Waals surface area contributed by atoms with E-state index in [-0.39, 0.29) is 22.5 Å². The normalized spacial score (nSPS) is 15.6. The zero-order chi connectivity index (χ0) is 21.7. The molecule has 0 saturated heterocycles. The van der Waals surface area contributed by atoms with Crippen LogP contribution < -0.4 is 10.3 Å². The summed E-state index contributed by atoms with van der Waals surface area (Å²) in [5.74, 6) is -0.430. The molecule has 1 unspecified atom stereocenters. The van der Waals surface area contributed by atoms with Gasteiger partial charge in [0.05, 0.1) is 17.0 Å². The summed E-state index contributed by atoms with van der Waals surface area (Å²) in [5.41, 5.74) is 0.857. The predicted octanol–water partition coefficient (Wildman–Crippen LogP) is 4.81. The van der Waals surface area contributed by atoms with Gasteiger partial charge in [0.2, 0.25) is 10.9 Å². The maximum Gasteiger partial charge on any atom is 0.297 e. The Morgan fingerprint density at radius 3 is 2.81 bits per heavy atom. The largest absolute Gasteiger partial charge is 0.508 e. The minimum Gasteiger partial charge on any atom is -0.508 e. The van der Waals surface area contributed by atoms with Gasteiger partial charge in [-0.2, -0.15) is 0 Å². The molecule has 0 spiro atoms. The van der Waals surface area contributed by atoms with E-state index < -0.39 is 11.9 Å². The van der Waals surface area contributed by atoms with Gasteiger partial charge >= 0.3 is 0 Å². The lowest BCUT2D eigenvalue weighted by atomic mass is 9.98. The third-order valence-electron chi connectivity index (χ3n) is 5.14.